The van der Waals surface area contributed by atoms with Gasteiger partial charge in [0.1, 0.15) is 0 Å². The SMILES string of the molecule is C[SiH]([SiH3])Cc1ccccc1. The van der Waals surface area contributed by atoms with Gasteiger partial charge in [-0.25, -0.2) is 0 Å². The van der Waals surface area contributed by atoms with Crippen molar-refractivity contribution in [1.29, 1.82) is 0 Å². The maximum atomic E-state index is 2.44. The van der Waals surface area contributed by atoms with Gasteiger partial charge in [-0.05, 0) is 15.8 Å². The van der Waals surface area contributed by atoms with Crippen LogP contribution in [-0.4, -0.2) is 18.1 Å². The standard InChI is InChI=1S/C8H14Si2/c1-10(9)7-8-5-3-2-4-6-8/h2-6,10H,7H2,1,9H3. The van der Waals surface area contributed by atoms with Crippen molar-refractivity contribution in [2.75, 3.05) is 0 Å². The fourth-order valence-corrected chi connectivity index (χ4v) is 3.71. The minimum Gasteiger partial charge on any atom is -0.0743 e. The van der Waals surface area contributed by atoms with Gasteiger partial charge in [0.05, 0.1) is 0 Å². The molecule has 0 saturated carbocycles. The molecule has 1 aromatic rings. The van der Waals surface area contributed by atoms with Crippen molar-refractivity contribution >= 4 is 18.1 Å². The Morgan fingerprint density at radius 2 is 1.90 bits per heavy atom. The Morgan fingerprint density at radius 1 is 1.30 bits per heavy atom. The Labute approximate surface area is 67.1 Å². The number of hydrogen-bond acceptors (Lipinski definition) is 0. The summed E-state index contributed by atoms with van der Waals surface area (Å²) in [5.41, 5.74) is 1.54. The van der Waals surface area contributed by atoms with Crippen molar-refractivity contribution in [2.24, 2.45) is 0 Å². The summed E-state index contributed by atoms with van der Waals surface area (Å²) in [7, 11) is 1.18. The normalized spacial score (nSPS) is 13.3. The molecule has 0 heterocycles. The molecule has 0 saturated heterocycles. The first-order valence-electron chi connectivity index (χ1n) is 3.83. The van der Waals surface area contributed by atoms with Crippen LogP contribution in [0.5, 0.6) is 0 Å². The molecule has 0 aromatic heterocycles. The highest BCUT2D eigenvalue weighted by molar-refractivity contribution is 7.02. The molecule has 1 atom stereocenters. The van der Waals surface area contributed by atoms with Crippen LogP contribution in [0.4, 0.5) is 0 Å². The molecule has 0 nitrogen and oxygen atoms in total. The zero-order valence-electron chi connectivity index (χ0n) is 6.67. The van der Waals surface area contributed by atoms with E-state index in [1.54, 1.807) is 0 Å². The topological polar surface area (TPSA) is 0 Å². The maximum Gasteiger partial charge on any atom is 0.0220 e. The van der Waals surface area contributed by atoms with Gasteiger partial charge in [-0.1, -0.05) is 42.4 Å². The molecule has 0 spiro atoms. The van der Waals surface area contributed by atoms with Crippen LogP contribution < -0.4 is 0 Å². The lowest BCUT2D eigenvalue weighted by atomic mass is 10.2. The molecule has 0 bridgehead atoms. The van der Waals surface area contributed by atoms with Crippen molar-refractivity contribution in [3.8, 4) is 0 Å². The van der Waals surface area contributed by atoms with Crippen molar-refractivity contribution < 1.29 is 0 Å². The van der Waals surface area contributed by atoms with Gasteiger partial charge >= 0.3 is 0 Å². The van der Waals surface area contributed by atoms with Crippen LogP contribution in [0, 0.1) is 0 Å². The van der Waals surface area contributed by atoms with Crippen LogP contribution in [0.3, 0.4) is 0 Å². The first kappa shape index (κ1) is 7.76. The summed E-state index contributed by atoms with van der Waals surface area (Å²) in [4.78, 5) is 0. The molecule has 0 aliphatic carbocycles. The van der Waals surface area contributed by atoms with E-state index in [1.807, 2.05) is 0 Å². The minimum absolute atomic E-state index is 0.258. The van der Waals surface area contributed by atoms with Gasteiger partial charge in [-0.15, -0.1) is 0 Å². The zero-order chi connectivity index (χ0) is 7.40. The molecule has 0 N–H and O–H groups in total. The zero-order valence-corrected chi connectivity index (χ0v) is 9.83. The lowest BCUT2D eigenvalue weighted by Crippen LogP contribution is -2.10. The average molecular weight is 166 g/mol. The Morgan fingerprint density at radius 3 is 2.40 bits per heavy atom. The molecular formula is C8H14Si2. The summed E-state index contributed by atoms with van der Waals surface area (Å²) in [6, 6.07) is 12.2. The summed E-state index contributed by atoms with van der Waals surface area (Å²) >= 11 is 0. The van der Waals surface area contributed by atoms with E-state index in [2.05, 4.69) is 36.9 Å². The number of benzene rings is 1. The molecule has 1 unspecified atom stereocenters. The van der Waals surface area contributed by atoms with Crippen molar-refractivity contribution in [1.82, 2.24) is 0 Å². The van der Waals surface area contributed by atoms with E-state index in [-0.39, 0.29) is 8.31 Å². The van der Waals surface area contributed by atoms with E-state index in [0.717, 1.165) is 0 Å². The van der Waals surface area contributed by atoms with Gasteiger partial charge in [0.2, 0.25) is 0 Å². The molecule has 2 heteroatoms. The minimum atomic E-state index is -0.258. The number of hydrogen-bond donors (Lipinski definition) is 0. The monoisotopic (exact) mass is 166 g/mol. The van der Waals surface area contributed by atoms with Gasteiger partial charge in [0, 0.05) is 8.31 Å². The first-order valence-corrected chi connectivity index (χ1v) is 10.4. The van der Waals surface area contributed by atoms with E-state index in [9.17, 15) is 0 Å². The molecule has 1 rings (SSSR count). The van der Waals surface area contributed by atoms with E-state index in [1.165, 1.54) is 21.4 Å². The summed E-state index contributed by atoms with van der Waals surface area (Å²) in [5, 5.41) is 0. The molecule has 0 radical (unpaired) electrons. The van der Waals surface area contributed by atoms with Gasteiger partial charge in [0.25, 0.3) is 0 Å². The third-order valence-electron chi connectivity index (χ3n) is 1.49. The molecule has 0 aliphatic rings. The van der Waals surface area contributed by atoms with Crippen LogP contribution in [0.1, 0.15) is 5.56 Å². The average Bonchev–Trinajstić information content (AvgIpc) is 1.88. The Hall–Kier alpha value is -0.346. The molecule has 10 heavy (non-hydrogen) atoms. The Kier molecular flexibility index (Phi) is 2.90. The van der Waals surface area contributed by atoms with Crippen LogP contribution in [-0.2, 0) is 6.04 Å². The number of rotatable bonds is 2. The fourth-order valence-electron chi connectivity index (χ4n) is 1.09. The Bertz CT molecular complexity index is 182. The van der Waals surface area contributed by atoms with Crippen LogP contribution in [0.15, 0.2) is 30.3 Å². The van der Waals surface area contributed by atoms with Crippen molar-refractivity contribution in [3.63, 3.8) is 0 Å². The summed E-state index contributed by atoms with van der Waals surface area (Å²) < 4.78 is 0. The van der Waals surface area contributed by atoms with E-state index < -0.39 is 0 Å². The highest BCUT2D eigenvalue weighted by Crippen LogP contribution is 1.99. The summed E-state index contributed by atoms with van der Waals surface area (Å²) in [6.45, 7) is 2.44. The molecule has 1 aromatic carbocycles. The van der Waals surface area contributed by atoms with Crippen LogP contribution >= 0.6 is 0 Å². The highest BCUT2D eigenvalue weighted by Gasteiger charge is 1.95. The van der Waals surface area contributed by atoms with Crippen LogP contribution in [0.25, 0.3) is 0 Å². The largest absolute Gasteiger partial charge is 0.0743 e. The molecule has 54 valence electrons. The maximum absolute atomic E-state index is 2.44. The van der Waals surface area contributed by atoms with Crippen molar-refractivity contribution in [3.05, 3.63) is 35.9 Å². The van der Waals surface area contributed by atoms with Gasteiger partial charge in [0.15, 0.2) is 0 Å². The lowest BCUT2D eigenvalue weighted by molar-refractivity contribution is 1.38. The van der Waals surface area contributed by atoms with Crippen molar-refractivity contribution in [2.45, 2.75) is 12.6 Å². The molecule has 0 amide bonds. The molecule has 0 fully saturated rings. The van der Waals surface area contributed by atoms with E-state index in [4.69, 9.17) is 0 Å². The molecular weight excluding hydrogens is 152 g/mol. The fraction of sp³-hybridized carbons (Fsp3) is 0.250. The van der Waals surface area contributed by atoms with Gasteiger partial charge < -0.3 is 0 Å². The Balaban J connectivity index is 2.59. The second kappa shape index (κ2) is 3.73. The predicted molar refractivity (Wildman–Crippen MR) is 53.1 cm³/mol. The quantitative estimate of drug-likeness (QED) is 0.561. The third kappa shape index (κ3) is 2.50. The second-order valence-electron chi connectivity index (χ2n) is 3.08. The first-order chi connectivity index (χ1) is 4.79. The second-order valence-corrected chi connectivity index (χ2v) is 12.2. The van der Waals surface area contributed by atoms with Gasteiger partial charge in [-0.3, -0.25) is 0 Å². The smallest absolute Gasteiger partial charge is 0.0220 e. The summed E-state index contributed by atoms with van der Waals surface area (Å²) in [5.74, 6) is 0. The van der Waals surface area contributed by atoms with E-state index >= 15 is 0 Å². The third-order valence-corrected chi connectivity index (χ3v) is 4.00. The molecule has 0 aliphatic heterocycles. The van der Waals surface area contributed by atoms with Gasteiger partial charge in [-0.2, -0.15) is 0 Å². The predicted octanol–water partition coefficient (Wildman–Crippen LogP) is 0.487. The lowest BCUT2D eigenvalue weighted by Gasteiger charge is -2.01. The van der Waals surface area contributed by atoms with E-state index in [0.29, 0.717) is 0 Å². The highest BCUT2D eigenvalue weighted by atomic mass is 29.1. The van der Waals surface area contributed by atoms with Crippen LogP contribution in [0.2, 0.25) is 6.55 Å². The summed E-state index contributed by atoms with van der Waals surface area (Å²) in [6.07, 6.45) is 0.